The number of hydrogen-bond donors (Lipinski definition) is 1. The van der Waals surface area contributed by atoms with Crippen LogP contribution in [0.15, 0.2) is 22.9 Å². The van der Waals surface area contributed by atoms with Crippen molar-refractivity contribution in [2.24, 2.45) is 0 Å². The Morgan fingerprint density at radius 1 is 1.17 bits per heavy atom. The van der Waals surface area contributed by atoms with E-state index in [1.807, 2.05) is 26.0 Å². The number of rotatable bonds is 8. The van der Waals surface area contributed by atoms with Crippen molar-refractivity contribution in [2.45, 2.75) is 33.1 Å². The van der Waals surface area contributed by atoms with Crippen LogP contribution in [-0.2, 0) is 17.6 Å². The van der Waals surface area contributed by atoms with Crippen LogP contribution in [0, 0.1) is 13.8 Å². The highest BCUT2D eigenvalue weighted by Gasteiger charge is 2.13. The van der Waals surface area contributed by atoms with Crippen molar-refractivity contribution in [1.82, 2.24) is 24.9 Å². The molecule has 0 fully saturated rings. The van der Waals surface area contributed by atoms with Crippen molar-refractivity contribution in [3.63, 3.8) is 0 Å². The second-order valence-electron chi connectivity index (χ2n) is 6.63. The maximum atomic E-state index is 12.3. The van der Waals surface area contributed by atoms with Crippen molar-refractivity contribution in [3.8, 4) is 11.5 Å². The van der Waals surface area contributed by atoms with Gasteiger partial charge >= 0.3 is 0 Å². The van der Waals surface area contributed by atoms with E-state index in [-0.39, 0.29) is 5.91 Å². The normalized spacial score (nSPS) is 10.9. The minimum absolute atomic E-state index is 0.000846. The lowest BCUT2D eigenvalue weighted by atomic mass is 10.1. The van der Waals surface area contributed by atoms with Gasteiger partial charge in [0, 0.05) is 28.8 Å². The molecule has 0 spiro atoms. The standard InChI is InChI=1S/C20H24BrN5O3/c1-12-15(13(2)26-20(25-12)23-11-24-26)5-6-19(27)22-8-7-14-9-17(28-3)18(29-4)10-16(14)21/h9-11H,5-8H2,1-4H3,(H,22,27). The van der Waals surface area contributed by atoms with E-state index in [0.717, 1.165) is 27.0 Å². The molecule has 0 aliphatic rings. The molecule has 3 aromatic rings. The number of halogens is 1. The van der Waals surface area contributed by atoms with Gasteiger partial charge in [-0.25, -0.2) is 9.50 Å². The Bertz CT molecular complexity index is 1030. The Morgan fingerprint density at radius 2 is 1.90 bits per heavy atom. The fourth-order valence-electron chi connectivity index (χ4n) is 3.27. The quantitative estimate of drug-likeness (QED) is 0.554. The van der Waals surface area contributed by atoms with Crippen LogP contribution < -0.4 is 14.8 Å². The van der Waals surface area contributed by atoms with Gasteiger partial charge in [-0.15, -0.1) is 0 Å². The molecule has 0 bridgehead atoms. The highest BCUT2D eigenvalue weighted by Crippen LogP contribution is 2.33. The molecule has 0 atom stereocenters. The van der Waals surface area contributed by atoms with Crippen molar-refractivity contribution < 1.29 is 14.3 Å². The summed E-state index contributed by atoms with van der Waals surface area (Å²) in [6.45, 7) is 4.44. The first kappa shape index (κ1) is 21.0. The molecule has 1 aromatic carbocycles. The first-order valence-corrected chi connectivity index (χ1v) is 10.1. The number of aryl methyl sites for hydroxylation is 2. The number of carbonyl (C=O) groups excluding carboxylic acids is 1. The Labute approximate surface area is 177 Å². The highest BCUT2D eigenvalue weighted by atomic mass is 79.9. The van der Waals surface area contributed by atoms with E-state index < -0.39 is 0 Å². The summed E-state index contributed by atoms with van der Waals surface area (Å²) >= 11 is 3.54. The lowest BCUT2D eigenvalue weighted by Crippen LogP contribution is -2.26. The zero-order valence-electron chi connectivity index (χ0n) is 17.0. The molecule has 29 heavy (non-hydrogen) atoms. The number of ether oxygens (including phenoxy) is 2. The van der Waals surface area contributed by atoms with Crippen LogP contribution in [0.5, 0.6) is 11.5 Å². The van der Waals surface area contributed by atoms with Crippen LogP contribution in [0.3, 0.4) is 0 Å². The van der Waals surface area contributed by atoms with Crippen LogP contribution >= 0.6 is 15.9 Å². The zero-order chi connectivity index (χ0) is 21.0. The van der Waals surface area contributed by atoms with Gasteiger partial charge in [0.25, 0.3) is 5.78 Å². The molecule has 2 heterocycles. The van der Waals surface area contributed by atoms with Crippen LogP contribution in [0.25, 0.3) is 5.78 Å². The number of carbonyl (C=O) groups is 1. The van der Waals surface area contributed by atoms with E-state index in [1.54, 1.807) is 18.7 Å². The largest absolute Gasteiger partial charge is 0.493 e. The van der Waals surface area contributed by atoms with E-state index in [9.17, 15) is 4.79 Å². The van der Waals surface area contributed by atoms with Gasteiger partial charge in [0.05, 0.1) is 14.2 Å². The average molecular weight is 462 g/mol. The Balaban J connectivity index is 1.56. The van der Waals surface area contributed by atoms with Gasteiger partial charge in [-0.1, -0.05) is 15.9 Å². The summed E-state index contributed by atoms with van der Waals surface area (Å²) in [6, 6.07) is 3.79. The topological polar surface area (TPSA) is 90.6 Å². The van der Waals surface area contributed by atoms with Gasteiger partial charge in [-0.3, -0.25) is 4.79 Å². The van der Waals surface area contributed by atoms with Gasteiger partial charge in [0.15, 0.2) is 11.5 Å². The number of hydrogen-bond acceptors (Lipinski definition) is 6. The third-order valence-corrected chi connectivity index (χ3v) is 5.60. The minimum atomic E-state index is -0.000846. The molecule has 0 unspecified atom stereocenters. The summed E-state index contributed by atoms with van der Waals surface area (Å²) in [5.41, 5.74) is 3.91. The summed E-state index contributed by atoms with van der Waals surface area (Å²) in [5.74, 6) is 1.91. The first-order valence-electron chi connectivity index (χ1n) is 9.27. The maximum Gasteiger partial charge on any atom is 0.252 e. The summed E-state index contributed by atoms with van der Waals surface area (Å²) in [7, 11) is 3.20. The fourth-order valence-corrected chi connectivity index (χ4v) is 3.79. The molecule has 1 amide bonds. The highest BCUT2D eigenvalue weighted by molar-refractivity contribution is 9.10. The average Bonchev–Trinajstić information content (AvgIpc) is 3.17. The lowest BCUT2D eigenvalue weighted by molar-refractivity contribution is -0.121. The van der Waals surface area contributed by atoms with Gasteiger partial charge < -0.3 is 14.8 Å². The van der Waals surface area contributed by atoms with Crippen molar-refractivity contribution in [3.05, 3.63) is 45.4 Å². The molecule has 0 aliphatic carbocycles. The third kappa shape index (κ3) is 4.67. The van der Waals surface area contributed by atoms with Crippen LogP contribution in [-0.4, -0.2) is 46.3 Å². The smallest absolute Gasteiger partial charge is 0.252 e. The Morgan fingerprint density at radius 3 is 2.62 bits per heavy atom. The van der Waals surface area contributed by atoms with E-state index in [0.29, 0.717) is 43.1 Å². The van der Waals surface area contributed by atoms with Gasteiger partial charge in [-0.2, -0.15) is 10.1 Å². The molecule has 0 saturated heterocycles. The second-order valence-corrected chi connectivity index (χ2v) is 7.49. The predicted octanol–water partition coefficient (Wildman–Crippen LogP) is 2.81. The number of nitrogens with one attached hydrogen (secondary N) is 1. The van der Waals surface area contributed by atoms with Crippen molar-refractivity contribution >= 4 is 27.6 Å². The summed E-state index contributed by atoms with van der Waals surface area (Å²) in [6.07, 6.45) is 3.15. The number of benzene rings is 1. The lowest BCUT2D eigenvalue weighted by Gasteiger charge is -2.13. The maximum absolute atomic E-state index is 12.3. The van der Waals surface area contributed by atoms with Crippen LogP contribution in [0.2, 0.25) is 0 Å². The number of amides is 1. The summed E-state index contributed by atoms with van der Waals surface area (Å²) in [4.78, 5) is 20.9. The summed E-state index contributed by atoms with van der Waals surface area (Å²) in [5, 5.41) is 7.16. The van der Waals surface area contributed by atoms with Crippen molar-refractivity contribution in [2.75, 3.05) is 20.8 Å². The van der Waals surface area contributed by atoms with E-state index in [1.165, 1.54) is 6.33 Å². The number of nitrogens with zero attached hydrogens (tertiary/aromatic N) is 4. The third-order valence-electron chi connectivity index (χ3n) is 4.86. The number of aromatic nitrogens is 4. The SMILES string of the molecule is COc1cc(Br)c(CCNC(=O)CCc2c(C)nc3ncnn3c2C)cc1OC. The molecular weight excluding hydrogens is 438 g/mol. The molecule has 0 aliphatic heterocycles. The molecular formula is C20H24BrN5O3. The van der Waals surface area contributed by atoms with Crippen LogP contribution in [0.1, 0.15) is 28.9 Å². The molecule has 2 aromatic heterocycles. The van der Waals surface area contributed by atoms with E-state index >= 15 is 0 Å². The molecule has 9 heteroatoms. The number of fused-ring (bicyclic) bond motifs is 1. The second kappa shape index (κ2) is 9.21. The fraction of sp³-hybridized carbons (Fsp3) is 0.400. The van der Waals surface area contributed by atoms with E-state index in [2.05, 4.69) is 36.3 Å². The van der Waals surface area contributed by atoms with Crippen molar-refractivity contribution in [1.29, 1.82) is 0 Å². The zero-order valence-corrected chi connectivity index (χ0v) is 18.5. The molecule has 154 valence electrons. The minimum Gasteiger partial charge on any atom is -0.493 e. The molecule has 0 saturated carbocycles. The van der Waals surface area contributed by atoms with Gasteiger partial charge in [0.1, 0.15) is 6.33 Å². The first-order chi connectivity index (χ1) is 13.9. The molecule has 8 nitrogen and oxygen atoms in total. The van der Waals surface area contributed by atoms with Gasteiger partial charge in [0.2, 0.25) is 5.91 Å². The molecule has 3 rings (SSSR count). The van der Waals surface area contributed by atoms with Gasteiger partial charge in [-0.05, 0) is 49.9 Å². The number of methoxy groups -OCH3 is 2. The summed E-state index contributed by atoms with van der Waals surface area (Å²) < 4.78 is 13.3. The van der Waals surface area contributed by atoms with Crippen LogP contribution in [0.4, 0.5) is 0 Å². The predicted molar refractivity (Wildman–Crippen MR) is 113 cm³/mol. The molecule has 1 N–H and O–H groups in total. The molecule has 0 radical (unpaired) electrons. The Kier molecular flexibility index (Phi) is 6.68. The van der Waals surface area contributed by atoms with E-state index in [4.69, 9.17) is 9.47 Å². The monoisotopic (exact) mass is 461 g/mol. The Hall–Kier alpha value is -2.68.